The molecule has 3 N–H and O–H groups in total. The van der Waals surface area contributed by atoms with Crippen LogP contribution in [0.5, 0.6) is 5.75 Å². The third kappa shape index (κ3) is 3.78. The molecule has 7 heteroatoms. The summed E-state index contributed by atoms with van der Waals surface area (Å²) in [6, 6.07) is 6.48. The van der Waals surface area contributed by atoms with Crippen molar-refractivity contribution in [2.45, 2.75) is 70.1 Å². The number of hydrogen-bond acceptors (Lipinski definition) is 3. The van der Waals surface area contributed by atoms with Gasteiger partial charge in [-0.15, -0.1) is 0 Å². The molecule has 0 bridgehead atoms. The Bertz CT molecular complexity index is 1520. The average molecular weight is 503 g/mol. The van der Waals surface area contributed by atoms with Gasteiger partial charge < -0.3 is 24.5 Å². The Morgan fingerprint density at radius 1 is 1.14 bits per heavy atom. The molecule has 2 aromatic heterocycles. The molecule has 3 atom stereocenters. The lowest BCUT2D eigenvalue weighted by Crippen LogP contribution is -2.35. The van der Waals surface area contributed by atoms with Crippen molar-refractivity contribution < 1.29 is 24.5 Å². The number of nitrogens with one attached hydrogen (secondary N) is 1. The topological polar surface area (TPSA) is 105 Å². The second-order valence-electron chi connectivity index (χ2n) is 11.1. The van der Waals surface area contributed by atoms with Crippen molar-refractivity contribution >= 4 is 34.6 Å². The molecule has 37 heavy (non-hydrogen) atoms. The Balaban J connectivity index is 1.68. The molecule has 3 heterocycles. The fraction of sp³-hybridized carbons (Fsp3) is 0.467. The van der Waals surface area contributed by atoms with Gasteiger partial charge in [0.05, 0.1) is 18.2 Å². The van der Waals surface area contributed by atoms with Crippen LogP contribution in [0, 0.1) is 11.8 Å². The lowest BCUT2D eigenvalue weighted by atomic mass is 9.68. The lowest BCUT2D eigenvalue weighted by Gasteiger charge is -2.37. The van der Waals surface area contributed by atoms with Crippen LogP contribution in [-0.4, -0.2) is 38.8 Å². The molecule has 6 rings (SSSR count). The Kier molecular flexibility index (Phi) is 5.89. The maximum Gasteiger partial charge on any atom is 0.337 e. The number of carboxylic acid groups (broad SMARTS) is 2. The molecule has 2 unspecified atom stereocenters. The normalized spacial score (nSPS) is 23.5. The third-order valence-corrected chi connectivity index (χ3v) is 9.20. The van der Waals surface area contributed by atoms with Gasteiger partial charge >= 0.3 is 11.9 Å². The number of nitrogens with zero attached hydrogens (tertiary/aromatic N) is 1. The number of carbonyl (C=O) groups is 2. The largest absolute Gasteiger partial charge is 0.496 e. The summed E-state index contributed by atoms with van der Waals surface area (Å²) >= 11 is 0. The molecule has 2 fully saturated rings. The van der Waals surface area contributed by atoms with E-state index in [1.165, 1.54) is 30.4 Å². The number of aromatic amines is 1. The SMILES string of the molecule is COc1ccc(C2CCCCC2)c2c1cc1n2C=c2c(C(=O)O)c[nH]c2=C2CCC(CC(=O)O)C(C)[C@@H]21. The van der Waals surface area contributed by atoms with Crippen molar-refractivity contribution in [3.63, 3.8) is 0 Å². The summed E-state index contributed by atoms with van der Waals surface area (Å²) in [7, 11) is 1.69. The van der Waals surface area contributed by atoms with Crippen LogP contribution in [0.15, 0.2) is 24.4 Å². The van der Waals surface area contributed by atoms with Gasteiger partial charge in [0.15, 0.2) is 0 Å². The molecule has 0 spiro atoms. The summed E-state index contributed by atoms with van der Waals surface area (Å²) in [5, 5.41) is 22.2. The number of benzene rings is 1. The van der Waals surface area contributed by atoms with Crippen molar-refractivity contribution in [1.82, 2.24) is 9.55 Å². The van der Waals surface area contributed by atoms with E-state index in [-0.39, 0.29) is 29.7 Å². The predicted octanol–water partition coefficient (Wildman–Crippen LogP) is 4.78. The van der Waals surface area contributed by atoms with Gasteiger partial charge in [0, 0.05) is 46.4 Å². The van der Waals surface area contributed by atoms with Crippen LogP contribution in [-0.2, 0) is 4.79 Å². The van der Waals surface area contributed by atoms with Gasteiger partial charge in [0.1, 0.15) is 5.75 Å². The molecule has 0 amide bonds. The van der Waals surface area contributed by atoms with Gasteiger partial charge in [-0.05, 0) is 66.7 Å². The molecule has 1 aromatic carbocycles. The van der Waals surface area contributed by atoms with Crippen molar-refractivity contribution in [2.75, 3.05) is 7.11 Å². The minimum absolute atomic E-state index is 0.0211. The van der Waals surface area contributed by atoms with Gasteiger partial charge in [-0.2, -0.15) is 0 Å². The quantitative estimate of drug-likeness (QED) is 0.466. The molecule has 3 aromatic rings. The van der Waals surface area contributed by atoms with Crippen molar-refractivity contribution in [2.24, 2.45) is 11.8 Å². The predicted molar refractivity (Wildman–Crippen MR) is 141 cm³/mol. The highest BCUT2D eigenvalue weighted by Gasteiger charge is 2.39. The Hall–Kier alpha value is -3.48. The fourth-order valence-electron chi connectivity index (χ4n) is 7.39. The summed E-state index contributed by atoms with van der Waals surface area (Å²) in [4.78, 5) is 27.2. The number of hydrogen-bond donors (Lipinski definition) is 3. The number of carboxylic acids is 2. The second kappa shape index (κ2) is 9.12. The molecule has 2 saturated carbocycles. The first-order valence-electron chi connectivity index (χ1n) is 13.5. The van der Waals surface area contributed by atoms with Crippen LogP contribution < -0.4 is 15.3 Å². The highest BCUT2D eigenvalue weighted by atomic mass is 16.5. The Morgan fingerprint density at radius 3 is 2.62 bits per heavy atom. The first-order chi connectivity index (χ1) is 17.9. The number of aliphatic carboxylic acids is 1. The summed E-state index contributed by atoms with van der Waals surface area (Å²) in [6.45, 7) is 2.16. The highest BCUT2D eigenvalue weighted by Crippen LogP contribution is 2.49. The summed E-state index contributed by atoms with van der Waals surface area (Å²) < 4.78 is 8.04. The first-order valence-corrected chi connectivity index (χ1v) is 13.5. The van der Waals surface area contributed by atoms with Gasteiger partial charge in [-0.25, -0.2) is 4.79 Å². The maximum absolute atomic E-state index is 12.2. The third-order valence-electron chi connectivity index (χ3n) is 9.20. The average Bonchev–Trinajstić information content (AvgIpc) is 3.44. The standard InChI is InChI=1S/C30H34N2O5/c1-16-18(12-26(33)34)8-9-20-27(16)24-13-21-25(37-2)11-10-19(17-6-4-3-5-7-17)29(21)32(24)15-23-22(30(35)36)14-31-28(20)23/h10-11,13-18,27,31H,3-9,12H2,1-2H3,(H,33,34)(H,35,36)/t16?,18?,27-/m0/s1. The number of methoxy groups -OCH3 is 1. The van der Waals surface area contributed by atoms with Crippen molar-refractivity contribution in [1.29, 1.82) is 0 Å². The van der Waals surface area contributed by atoms with Gasteiger partial charge in [-0.3, -0.25) is 4.79 Å². The van der Waals surface area contributed by atoms with E-state index in [0.717, 1.165) is 53.4 Å². The number of fused-ring (bicyclic) bond motifs is 6. The molecule has 3 aliphatic rings. The first kappa shape index (κ1) is 23.9. The van der Waals surface area contributed by atoms with E-state index in [1.54, 1.807) is 13.3 Å². The lowest BCUT2D eigenvalue weighted by molar-refractivity contribution is -0.138. The van der Waals surface area contributed by atoms with Crippen LogP contribution >= 0.6 is 0 Å². The van der Waals surface area contributed by atoms with Crippen LogP contribution in [0.25, 0.3) is 22.7 Å². The van der Waals surface area contributed by atoms with E-state index in [9.17, 15) is 19.8 Å². The van der Waals surface area contributed by atoms with Gasteiger partial charge in [0.25, 0.3) is 0 Å². The van der Waals surface area contributed by atoms with Crippen LogP contribution in [0.1, 0.15) is 91.7 Å². The van der Waals surface area contributed by atoms with Crippen LogP contribution in [0.2, 0.25) is 0 Å². The van der Waals surface area contributed by atoms with E-state index in [0.29, 0.717) is 11.1 Å². The zero-order valence-electron chi connectivity index (χ0n) is 21.4. The van der Waals surface area contributed by atoms with Crippen LogP contribution in [0.3, 0.4) is 0 Å². The monoisotopic (exact) mass is 502 g/mol. The van der Waals surface area contributed by atoms with Crippen molar-refractivity contribution in [3.8, 4) is 5.75 Å². The van der Waals surface area contributed by atoms with E-state index in [2.05, 4.69) is 34.7 Å². The summed E-state index contributed by atoms with van der Waals surface area (Å²) in [5.74, 6) is -0.347. The molecular weight excluding hydrogens is 468 g/mol. The van der Waals surface area contributed by atoms with E-state index < -0.39 is 11.9 Å². The minimum Gasteiger partial charge on any atom is -0.496 e. The Labute approximate surface area is 215 Å². The van der Waals surface area contributed by atoms with E-state index >= 15 is 0 Å². The van der Waals surface area contributed by atoms with Crippen molar-refractivity contribution in [3.05, 3.63) is 51.8 Å². The minimum atomic E-state index is -0.955. The maximum atomic E-state index is 12.2. The smallest absolute Gasteiger partial charge is 0.337 e. The Morgan fingerprint density at radius 2 is 1.92 bits per heavy atom. The fourth-order valence-corrected chi connectivity index (χ4v) is 7.39. The zero-order valence-corrected chi connectivity index (χ0v) is 21.4. The molecule has 1 aliphatic heterocycles. The highest BCUT2D eigenvalue weighted by molar-refractivity contribution is 5.94. The molecule has 0 saturated heterocycles. The molecule has 7 nitrogen and oxygen atoms in total. The molecule has 2 aliphatic carbocycles. The molecule has 194 valence electrons. The van der Waals surface area contributed by atoms with E-state index in [4.69, 9.17) is 4.74 Å². The van der Waals surface area contributed by atoms with E-state index in [1.807, 2.05) is 6.20 Å². The van der Waals surface area contributed by atoms with Gasteiger partial charge in [-0.1, -0.05) is 32.3 Å². The molecule has 0 radical (unpaired) electrons. The second-order valence-corrected chi connectivity index (χ2v) is 11.1. The number of aromatic nitrogens is 2. The number of aromatic carboxylic acids is 1. The number of rotatable bonds is 5. The molecular formula is C30H34N2O5. The van der Waals surface area contributed by atoms with Gasteiger partial charge in [0.2, 0.25) is 0 Å². The summed E-state index contributed by atoms with van der Waals surface area (Å²) in [6.07, 6.45) is 11.3. The summed E-state index contributed by atoms with van der Waals surface area (Å²) in [5.41, 5.74) is 4.92. The zero-order chi connectivity index (χ0) is 25.8. The number of ether oxygens (including phenoxy) is 1. The number of H-pyrrole nitrogens is 1. The van der Waals surface area contributed by atoms with Crippen LogP contribution in [0.4, 0.5) is 0 Å².